The smallest absolute Gasteiger partial charge is 0.180 e. The van der Waals surface area contributed by atoms with Gasteiger partial charge in [-0.3, -0.25) is 4.98 Å². The van der Waals surface area contributed by atoms with Gasteiger partial charge in [0, 0.05) is 37.1 Å². The molecule has 21 heavy (non-hydrogen) atoms. The van der Waals surface area contributed by atoms with Gasteiger partial charge in [-0.1, -0.05) is 0 Å². The Kier molecular flexibility index (Phi) is 3.01. The van der Waals surface area contributed by atoms with E-state index < -0.39 is 0 Å². The molecule has 4 rings (SSSR count). The Hall–Kier alpha value is -1.79. The van der Waals surface area contributed by atoms with Gasteiger partial charge >= 0.3 is 0 Å². The van der Waals surface area contributed by atoms with Crippen LogP contribution in [0.15, 0.2) is 24.5 Å². The Balaban J connectivity index is 1.57. The Morgan fingerprint density at radius 3 is 2.81 bits per heavy atom. The largest absolute Gasteiger partial charge is 0.392 e. The summed E-state index contributed by atoms with van der Waals surface area (Å²) >= 11 is 0. The fraction of sp³-hybridized carbons (Fsp3) is 0.533. The molecule has 2 aliphatic rings. The molecule has 1 saturated heterocycles. The van der Waals surface area contributed by atoms with Gasteiger partial charge in [-0.2, -0.15) is 0 Å². The lowest BCUT2D eigenvalue weighted by atomic mass is 9.58. The van der Waals surface area contributed by atoms with Gasteiger partial charge in [0.05, 0.1) is 6.10 Å². The number of rotatable bonds is 2. The minimum atomic E-state index is -0.237. The number of hydrogen-bond acceptors (Lipinski definition) is 6. The number of anilines is 1. The van der Waals surface area contributed by atoms with Crippen LogP contribution >= 0.6 is 0 Å². The van der Waals surface area contributed by atoms with E-state index in [0.717, 1.165) is 43.8 Å². The number of hydrogen-bond donors (Lipinski definition) is 2. The molecule has 0 radical (unpaired) electrons. The van der Waals surface area contributed by atoms with Crippen LogP contribution in [-0.4, -0.2) is 45.4 Å². The number of aliphatic hydroxyl groups excluding tert-OH is 1. The molecular weight excluding hydrogens is 268 g/mol. The Labute approximate surface area is 122 Å². The SMILES string of the molecule is O[C@@H]1C[C@@H](Nc2ccc3nccnc3n2)C12CCOCC2. The zero-order chi connectivity index (χ0) is 14.3. The molecule has 6 heteroatoms. The van der Waals surface area contributed by atoms with E-state index in [4.69, 9.17) is 4.74 Å². The molecule has 0 amide bonds. The fourth-order valence-corrected chi connectivity index (χ4v) is 3.51. The second kappa shape index (κ2) is 4.89. The minimum absolute atomic E-state index is 0.0583. The van der Waals surface area contributed by atoms with Crippen molar-refractivity contribution >= 4 is 17.0 Å². The quantitative estimate of drug-likeness (QED) is 0.868. The molecule has 0 unspecified atom stereocenters. The first-order chi connectivity index (χ1) is 10.3. The van der Waals surface area contributed by atoms with Crippen molar-refractivity contribution in [3.05, 3.63) is 24.5 Å². The molecule has 1 spiro atoms. The van der Waals surface area contributed by atoms with Gasteiger partial charge in [-0.25, -0.2) is 9.97 Å². The van der Waals surface area contributed by atoms with E-state index in [-0.39, 0.29) is 17.6 Å². The van der Waals surface area contributed by atoms with Crippen molar-refractivity contribution in [3.63, 3.8) is 0 Å². The summed E-state index contributed by atoms with van der Waals surface area (Å²) in [6, 6.07) is 4.09. The fourth-order valence-electron chi connectivity index (χ4n) is 3.51. The molecule has 1 aliphatic heterocycles. The molecule has 0 bridgehead atoms. The average Bonchev–Trinajstić information content (AvgIpc) is 2.55. The van der Waals surface area contributed by atoms with E-state index in [1.165, 1.54) is 0 Å². The van der Waals surface area contributed by atoms with E-state index in [0.29, 0.717) is 5.65 Å². The van der Waals surface area contributed by atoms with Crippen LogP contribution in [0.4, 0.5) is 5.82 Å². The van der Waals surface area contributed by atoms with E-state index in [1.54, 1.807) is 12.4 Å². The second-order valence-corrected chi connectivity index (χ2v) is 5.89. The zero-order valence-corrected chi connectivity index (χ0v) is 11.7. The molecule has 1 saturated carbocycles. The van der Waals surface area contributed by atoms with Gasteiger partial charge in [0.1, 0.15) is 11.3 Å². The molecular formula is C15H18N4O2. The van der Waals surface area contributed by atoms with Crippen molar-refractivity contribution in [2.45, 2.75) is 31.4 Å². The van der Waals surface area contributed by atoms with Crippen LogP contribution in [0.3, 0.4) is 0 Å². The normalized spacial score (nSPS) is 27.5. The first-order valence-electron chi connectivity index (χ1n) is 7.38. The predicted molar refractivity (Wildman–Crippen MR) is 77.9 cm³/mol. The van der Waals surface area contributed by atoms with Crippen molar-refractivity contribution < 1.29 is 9.84 Å². The molecule has 3 heterocycles. The zero-order valence-electron chi connectivity index (χ0n) is 11.7. The highest BCUT2D eigenvalue weighted by atomic mass is 16.5. The first-order valence-corrected chi connectivity index (χ1v) is 7.38. The lowest BCUT2D eigenvalue weighted by molar-refractivity contribution is -0.133. The summed E-state index contributed by atoms with van der Waals surface area (Å²) in [5, 5.41) is 13.7. The number of nitrogens with one attached hydrogen (secondary N) is 1. The van der Waals surface area contributed by atoms with Crippen molar-refractivity contribution in [1.29, 1.82) is 0 Å². The summed E-state index contributed by atoms with van der Waals surface area (Å²) in [4.78, 5) is 13.0. The molecule has 0 aromatic carbocycles. The lowest BCUT2D eigenvalue weighted by Gasteiger charge is -2.55. The number of aromatic nitrogens is 3. The summed E-state index contributed by atoms with van der Waals surface area (Å²) in [5.74, 6) is 0.797. The molecule has 1 aliphatic carbocycles. The lowest BCUT2D eigenvalue weighted by Crippen LogP contribution is -2.62. The predicted octanol–water partition coefficient (Wildman–Crippen LogP) is 1.37. The molecule has 2 aromatic rings. The number of aliphatic hydroxyl groups is 1. The highest BCUT2D eigenvalue weighted by Crippen LogP contribution is 2.50. The molecule has 6 nitrogen and oxygen atoms in total. The summed E-state index contributed by atoms with van der Waals surface area (Å²) < 4.78 is 5.43. The molecule has 2 atom stereocenters. The van der Waals surface area contributed by atoms with Crippen LogP contribution < -0.4 is 5.32 Å². The maximum atomic E-state index is 10.2. The Bertz CT molecular complexity index is 657. The van der Waals surface area contributed by atoms with Gasteiger partial charge in [0.15, 0.2) is 5.65 Å². The van der Waals surface area contributed by atoms with Gasteiger partial charge in [0.25, 0.3) is 0 Å². The van der Waals surface area contributed by atoms with Crippen LogP contribution in [0.2, 0.25) is 0 Å². The molecule has 2 fully saturated rings. The molecule has 2 N–H and O–H groups in total. The van der Waals surface area contributed by atoms with Crippen molar-refractivity contribution in [3.8, 4) is 0 Å². The Morgan fingerprint density at radius 1 is 1.19 bits per heavy atom. The summed E-state index contributed by atoms with van der Waals surface area (Å²) in [6.07, 6.45) is 5.64. The second-order valence-electron chi connectivity index (χ2n) is 5.89. The van der Waals surface area contributed by atoms with Gasteiger partial charge in [-0.05, 0) is 31.4 Å². The summed E-state index contributed by atoms with van der Waals surface area (Å²) in [7, 11) is 0. The third kappa shape index (κ3) is 2.06. The Morgan fingerprint density at radius 2 is 2.00 bits per heavy atom. The van der Waals surface area contributed by atoms with E-state index in [1.807, 2.05) is 12.1 Å². The van der Waals surface area contributed by atoms with Gasteiger partial charge < -0.3 is 15.2 Å². The van der Waals surface area contributed by atoms with Crippen LogP contribution in [-0.2, 0) is 4.74 Å². The topological polar surface area (TPSA) is 80.2 Å². The summed E-state index contributed by atoms with van der Waals surface area (Å²) in [6.45, 7) is 1.46. The van der Waals surface area contributed by atoms with Crippen LogP contribution in [0.1, 0.15) is 19.3 Å². The van der Waals surface area contributed by atoms with E-state index in [2.05, 4.69) is 20.3 Å². The summed E-state index contributed by atoms with van der Waals surface area (Å²) in [5.41, 5.74) is 1.37. The number of pyridine rings is 1. The standard InChI is InChI=1S/C15H18N4O2/c20-12-9-11(15(12)3-7-21-8-4-15)18-13-2-1-10-14(19-13)17-6-5-16-10/h1-2,5-6,11-12,20H,3-4,7-9H2,(H,17,18,19)/t11-,12-/m1/s1. The van der Waals surface area contributed by atoms with Crippen LogP contribution in [0.25, 0.3) is 11.2 Å². The number of nitrogens with zero attached hydrogens (tertiary/aromatic N) is 3. The molecule has 110 valence electrons. The van der Waals surface area contributed by atoms with Crippen molar-refractivity contribution in [2.75, 3.05) is 18.5 Å². The third-order valence-corrected chi connectivity index (χ3v) is 4.89. The van der Waals surface area contributed by atoms with Gasteiger partial charge in [0.2, 0.25) is 0 Å². The minimum Gasteiger partial charge on any atom is -0.392 e. The highest BCUT2D eigenvalue weighted by Gasteiger charge is 2.54. The highest BCUT2D eigenvalue weighted by molar-refractivity contribution is 5.71. The number of fused-ring (bicyclic) bond motifs is 1. The molecule has 2 aromatic heterocycles. The maximum absolute atomic E-state index is 10.2. The van der Waals surface area contributed by atoms with Crippen LogP contribution in [0, 0.1) is 5.41 Å². The average molecular weight is 286 g/mol. The van der Waals surface area contributed by atoms with Crippen LogP contribution in [0.5, 0.6) is 0 Å². The van der Waals surface area contributed by atoms with Crippen molar-refractivity contribution in [2.24, 2.45) is 5.41 Å². The van der Waals surface area contributed by atoms with E-state index in [9.17, 15) is 5.11 Å². The monoisotopic (exact) mass is 286 g/mol. The van der Waals surface area contributed by atoms with Gasteiger partial charge in [-0.15, -0.1) is 0 Å². The van der Waals surface area contributed by atoms with E-state index >= 15 is 0 Å². The first kappa shape index (κ1) is 12.9. The van der Waals surface area contributed by atoms with Crippen molar-refractivity contribution in [1.82, 2.24) is 15.0 Å². The maximum Gasteiger partial charge on any atom is 0.180 e. The number of ether oxygens (including phenoxy) is 1. The third-order valence-electron chi connectivity index (χ3n) is 4.89.